The zero-order valence-corrected chi connectivity index (χ0v) is 8.23. The molecule has 76 valence electrons. The van der Waals surface area contributed by atoms with Gasteiger partial charge in [0, 0.05) is 33.1 Å². The largest absolute Gasteiger partial charge is 0.456 e. The quantitative estimate of drug-likeness (QED) is 0.410. The monoisotopic (exact) mass is 196 g/mol. The molecule has 0 bridgehead atoms. The van der Waals surface area contributed by atoms with E-state index in [-0.39, 0.29) is 12.5 Å². The van der Waals surface area contributed by atoms with Gasteiger partial charge in [-0.15, -0.1) is 0 Å². The van der Waals surface area contributed by atoms with Crippen molar-refractivity contribution in [3.8, 4) is 0 Å². The first-order valence-corrected chi connectivity index (χ1v) is 4.50. The molecule has 0 aromatic carbocycles. The first-order valence-electron chi connectivity index (χ1n) is 4.50. The van der Waals surface area contributed by atoms with Crippen molar-refractivity contribution in [2.45, 2.75) is 6.92 Å². The molecule has 0 aliphatic carbocycles. The zero-order chi connectivity index (χ0) is 10.6. The summed E-state index contributed by atoms with van der Waals surface area (Å²) in [5.41, 5.74) is 0. The van der Waals surface area contributed by atoms with Crippen molar-refractivity contribution in [2.75, 3.05) is 32.8 Å². The molecule has 1 amide bonds. The van der Waals surface area contributed by atoms with E-state index in [2.05, 4.69) is 4.74 Å². The molecule has 1 aliphatic heterocycles. The minimum Gasteiger partial charge on any atom is -0.456 e. The highest BCUT2D eigenvalue weighted by molar-refractivity contribution is 6.04. The van der Waals surface area contributed by atoms with Crippen molar-refractivity contribution in [1.82, 2.24) is 9.71 Å². The number of esters is 1. The molecule has 0 spiro atoms. The maximum Gasteiger partial charge on any atom is 0.303 e. The van der Waals surface area contributed by atoms with Crippen LogP contribution >= 0.6 is 0 Å². The van der Waals surface area contributed by atoms with Gasteiger partial charge in [-0.1, -0.05) is 0 Å². The Morgan fingerprint density at radius 1 is 1.29 bits per heavy atom. The van der Waals surface area contributed by atoms with Crippen LogP contribution in [0, 0.1) is 0 Å². The summed E-state index contributed by atoms with van der Waals surface area (Å²) in [6, 6.07) is 0. The number of hydrogen-bond donors (Lipinski definition) is 0. The number of carbonyl (C=O) groups is 2. The molecule has 1 saturated heterocycles. The van der Waals surface area contributed by atoms with Crippen LogP contribution in [0.5, 0.6) is 0 Å². The second kappa shape index (κ2) is 5.00. The van der Waals surface area contributed by atoms with Crippen molar-refractivity contribution in [2.24, 2.45) is 0 Å². The molecule has 1 heterocycles. The summed E-state index contributed by atoms with van der Waals surface area (Å²) in [6.07, 6.45) is 0. The van der Waals surface area contributed by atoms with Crippen LogP contribution in [0.15, 0.2) is 0 Å². The van der Waals surface area contributed by atoms with Gasteiger partial charge in [0.15, 0.2) is 14.6 Å². The van der Waals surface area contributed by atoms with E-state index in [0.717, 1.165) is 0 Å². The number of amides is 1. The lowest BCUT2D eigenvalue weighted by Crippen LogP contribution is -2.48. The summed E-state index contributed by atoms with van der Waals surface area (Å²) in [7, 11) is 5.53. The van der Waals surface area contributed by atoms with Crippen molar-refractivity contribution in [1.29, 1.82) is 0 Å². The van der Waals surface area contributed by atoms with E-state index in [1.807, 2.05) is 0 Å². The maximum atomic E-state index is 11.4. The molecule has 2 radical (unpaired) electrons. The molecular weight excluding hydrogens is 183 g/mol. The summed E-state index contributed by atoms with van der Waals surface area (Å²) >= 11 is 0. The smallest absolute Gasteiger partial charge is 0.303 e. The molecule has 0 saturated carbocycles. The van der Waals surface area contributed by atoms with Crippen LogP contribution in [0.1, 0.15) is 6.92 Å². The van der Waals surface area contributed by atoms with E-state index in [9.17, 15) is 9.59 Å². The second-order valence-corrected chi connectivity index (χ2v) is 3.20. The molecular formula is C8H13BN2O3. The highest BCUT2D eigenvalue weighted by Gasteiger charge is 2.18. The van der Waals surface area contributed by atoms with Crippen LogP contribution in [0.3, 0.4) is 0 Å². The Kier molecular flexibility index (Phi) is 3.94. The normalized spacial score (nSPS) is 17.9. The molecule has 1 fully saturated rings. The molecule has 1 aliphatic rings. The fraction of sp³-hybridized carbons (Fsp3) is 0.750. The van der Waals surface area contributed by atoms with E-state index in [1.54, 1.807) is 9.71 Å². The number of ether oxygens (including phenoxy) is 1. The molecule has 0 atom stereocenters. The van der Waals surface area contributed by atoms with Crippen LogP contribution in [0.4, 0.5) is 0 Å². The Morgan fingerprint density at radius 2 is 1.86 bits per heavy atom. The van der Waals surface area contributed by atoms with Crippen LogP contribution < -0.4 is 0 Å². The van der Waals surface area contributed by atoms with E-state index >= 15 is 0 Å². The van der Waals surface area contributed by atoms with E-state index < -0.39 is 5.97 Å². The first-order chi connectivity index (χ1) is 6.59. The summed E-state index contributed by atoms with van der Waals surface area (Å²) < 4.78 is 4.61. The highest BCUT2D eigenvalue weighted by atomic mass is 16.5. The van der Waals surface area contributed by atoms with Gasteiger partial charge in [-0.05, 0) is 0 Å². The van der Waals surface area contributed by atoms with Crippen LogP contribution in [-0.4, -0.2) is 62.4 Å². The molecule has 14 heavy (non-hydrogen) atoms. The lowest BCUT2D eigenvalue weighted by molar-refractivity contribution is -0.150. The van der Waals surface area contributed by atoms with Crippen molar-refractivity contribution < 1.29 is 14.3 Å². The summed E-state index contributed by atoms with van der Waals surface area (Å²) in [6.45, 7) is 3.62. The third-order valence-electron chi connectivity index (χ3n) is 2.07. The Balaban J connectivity index is 2.27. The molecule has 1 rings (SSSR count). The molecule has 6 heteroatoms. The van der Waals surface area contributed by atoms with Gasteiger partial charge in [-0.25, -0.2) is 0 Å². The van der Waals surface area contributed by atoms with Crippen molar-refractivity contribution >= 4 is 19.9 Å². The van der Waals surface area contributed by atoms with Gasteiger partial charge < -0.3 is 14.4 Å². The van der Waals surface area contributed by atoms with Crippen LogP contribution in [0.2, 0.25) is 0 Å². The minimum atomic E-state index is -0.434. The van der Waals surface area contributed by atoms with Crippen LogP contribution in [-0.2, 0) is 14.3 Å². The third kappa shape index (κ3) is 3.37. The fourth-order valence-corrected chi connectivity index (χ4v) is 1.23. The number of piperazine rings is 1. The van der Waals surface area contributed by atoms with Gasteiger partial charge in [-0.3, -0.25) is 9.59 Å². The van der Waals surface area contributed by atoms with Gasteiger partial charge in [-0.2, -0.15) is 0 Å². The fourth-order valence-electron chi connectivity index (χ4n) is 1.23. The van der Waals surface area contributed by atoms with Gasteiger partial charge in [0.25, 0.3) is 5.91 Å². The Labute approximate surface area is 84.4 Å². The second-order valence-electron chi connectivity index (χ2n) is 3.20. The van der Waals surface area contributed by atoms with Crippen LogP contribution in [0.25, 0.3) is 0 Å². The minimum absolute atomic E-state index is 0.159. The third-order valence-corrected chi connectivity index (χ3v) is 2.07. The average Bonchev–Trinajstić information content (AvgIpc) is 2.15. The van der Waals surface area contributed by atoms with E-state index in [4.69, 9.17) is 7.98 Å². The summed E-state index contributed by atoms with van der Waals surface area (Å²) in [4.78, 5) is 25.2. The van der Waals surface area contributed by atoms with E-state index in [0.29, 0.717) is 26.2 Å². The van der Waals surface area contributed by atoms with Gasteiger partial charge in [0.05, 0.1) is 0 Å². The van der Waals surface area contributed by atoms with E-state index in [1.165, 1.54) is 6.92 Å². The average molecular weight is 196 g/mol. The Bertz CT molecular complexity index is 227. The molecule has 0 aromatic rings. The predicted octanol–water partition coefficient (Wildman–Crippen LogP) is -1.22. The highest BCUT2D eigenvalue weighted by Crippen LogP contribution is 1.99. The number of carbonyl (C=O) groups excluding carboxylic acids is 2. The zero-order valence-electron chi connectivity index (χ0n) is 8.23. The number of rotatable bonds is 2. The molecule has 0 unspecified atom stereocenters. The SMILES string of the molecule is [B]N1CCN(C(=O)COC(C)=O)CC1. The van der Waals surface area contributed by atoms with Gasteiger partial charge >= 0.3 is 5.97 Å². The van der Waals surface area contributed by atoms with Crippen molar-refractivity contribution in [3.05, 3.63) is 0 Å². The number of nitrogens with zero attached hydrogens (tertiary/aromatic N) is 2. The summed E-state index contributed by atoms with van der Waals surface area (Å²) in [5, 5.41) is 0. The van der Waals surface area contributed by atoms with Gasteiger partial charge in [0.1, 0.15) is 0 Å². The molecule has 0 N–H and O–H groups in total. The first kappa shape index (κ1) is 11.0. The lowest BCUT2D eigenvalue weighted by Gasteiger charge is -2.32. The Morgan fingerprint density at radius 3 is 2.36 bits per heavy atom. The molecule has 0 aromatic heterocycles. The molecule has 5 nitrogen and oxygen atoms in total. The summed E-state index contributed by atoms with van der Waals surface area (Å²) in [5.74, 6) is -0.593. The Hall–Kier alpha value is -1.04. The lowest BCUT2D eigenvalue weighted by atomic mass is 10.2. The van der Waals surface area contributed by atoms with Crippen molar-refractivity contribution in [3.63, 3.8) is 0 Å². The van der Waals surface area contributed by atoms with Gasteiger partial charge in [0.2, 0.25) is 0 Å². The number of hydrogen-bond acceptors (Lipinski definition) is 4. The standard InChI is InChI=1S/C8H13BN2O3/c1-7(12)14-6-8(13)10-2-4-11(9)5-3-10/h2-6H2,1H3. The topological polar surface area (TPSA) is 49.9 Å². The maximum absolute atomic E-state index is 11.4. The predicted molar refractivity (Wildman–Crippen MR) is 50.5 cm³/mol.